The molecule has 1 saturated carbocycles. The van der Waals surface area contributed by atoms with Gasteiger partial charge in [-0.1, -0.05) is 17.3 Å². The first-order valence-electron chi connectivity index (χ1n) is 10.3. The van der Waals surface area contributed by atoms with Crippen molar-refractivity contribution in [2.75, 3.05) is 6.54 Å². The average Bonchev–Trinajstić information content (AvgIpc) is 3.39. The highest BCUT2D eigenvalue weighted by Gasteiger charge is 2.27. The maximum Gasteiger partial charge on any atom is 0.273 e. The summed E-state index contributed by atoms with van der Waals surface area (Å²) in [6, 6.07) is 6.62. The summed E-state index contributed by atoms with van der Waals surface area (Å²) >= 11 is 0. The van der Waals surface area contributed by atoms with Crippen LogP contribution in [-0.2, 0) is 17.8 Å². The maximum absolute atomic E-state index is 13.4. The van der Waals surface area contributed by atoms with E-state index in [-0.39, 0.29) is 36.1 Å². The third kappa shape index (κ3) is 5.19. The Balaban J connectivity index is 1.33. The van der Waals surface area contributed by atoms with E-state index in [0.717, 1.165) is 45.1 Å². The van der Waals surface area contributed by atoms with Crippen molar-refractivity contribution in [2.24, 2.45) is 0 Å². The highest BCUT2D eigenvalue weighted by Crippen LogP contribution is 2.22. The van der Waals surface area contributed by atoms with Gasteiger partial charge in [-0.05, 0) is 56.2 Å². The number of halogens is 1. The molecule has 2 heterocycles. The number of likely N-dealkylation sites (tertiary alicyclic amines) is 1. The molecule has 2 fully saturated rings. The van der Waals surface area contributed by atoms with Crippen LogP contribution >= 0.6 is 0 Å². The van der Waals surface area contributed by atoms with E-state index in [0.29, 0.717) is 17.8 Å². The molecule has 1 N–H and O–H groups in total. The fraction of sp³-hybridized carbons (Fsp3) is 0.524. The fourth-order valence-corrected chi connectivity index (χ4v) is 3.83. The van der Waals surface area contributed by atoms with Crippen molar-refractivity contribution in [3.8, 4) is 0 Å². The lowest BCUT2D eigenvalue weighted by molar-refractivity contribution is -0.134. The first kappa shape index (κ1) is 19.5. The summed E-state index contributed by atoms with van der Waals surface area (Å²) in [4.78, 5) is 26.8. The van der Waals surface area contributed by atoms with Gasteiger partial charge >= 0.3 is 0 Å². The number of aryl methyl sites for hydroxylation is 1. The summed E-state index contributed by atoms with van der Waals surface area (Å²) in [5, 5.41) is 10.9. The van der Waals surface area contributed by atoms with Gasteiger partial charge in [0.15, 0.2) is 5.69 Å². The number of carbonyl (C=O) groups is 2. The van der Waals surface area contributed by atoms with Crippen LogP contribution in [0.5, 0.6) is 0 Å². The number of piperidine rings is 1. The van der Waals surface area contributed by atoms with Gasteiger partial charge < -0.3 is 10.2 Å². The Labute approximate surface area is 169 Å². The number of nitrogens with one attached hydrogen (secondary N) is 1. The molecule has 2 amide bonds. The molecule has 154 valence electrons. The minimum absolute atomic E-state index is 0.0309. The van der Waals surface area contributed by atoms with Crippen molar-refractivity contribution in [3.05, 3.63) is 47.5 Å². The monoisotopic (exact) mass is 399 g/mol. The molecule has 2 aromatic rings. The summed E-state index contributed by atoms with van der Waals surface area (Å²) in [5.74, 6) is -0.468. The van der Waals surface area contributed by atoms with Gasteiger partial charge in [0.25, 0.3) is 5.91 Å². The van der Waals surface area contributed by atoms with Crippen molar-refractivity contribution in [1.82, 2.24) is 25.2 Å². The van der Waals surface area contributed by atoms with Crippen molar-refractivity contribution in [3.63, 3.8) is 0 Å². The molecule has 8 heteroatoms. The first-order valence-corrected chi connectivity index (χ1v) is 10.3. The molecule has 7 nitrogen and oxygen atoms in total. The highest BCUT2D eigenvalue weighted by atomic mass is 19.1. The van der Waals surface area contributed by atoms with Crippen molar-refractivity contribution in [2.45, 2.75) is 63.6 Å². The van der Waals surface area contributed by atoms with Gasteiger partial charge in [-0.15, -0.1) is 5.10 Å². The van der Waals surface area contributed by atoms with Gasteiger partial charge in [0, 0.05) is 25.2 Å². The molecule has 2 aliphatic rings. The van der Waals surface area contributed by atoms with Crippen LogP contribution in [-0.4, -0.2) is 50.3 Å². The molecule has 29 heavy (non-hydrogen) atoms. The van der Waals surface area contributed by atoms with E-state index in [4.69, 9.17) is 0 Å². The number of rotatable bonds is 7. The molecule has 1 aliphatic heterocycles. The maximum atomic E-state index is 13.4. The zero-order chi connectivity index (χ0) is 20.2. The van der Waals surface area contributed by atoms with Gasteiger partial charge in [-0.3, -0.25) is 14.3 Å². The van der Waals surface area contributed by atoms with E-state index in [9.17, 15) is 14.0 Å². The van der Waals surface area contributed by atoms with Crippen LogP contribution < -0.4 is 5.32 Å². The van der Waals surface area contributed by atoms with Crippen molar-refractivity contribution >= 4 is 11.8 Å². The number of amides is 2. The highest BCUT2D eigenvalue weighted by molar-refractivity contribution is 5.92. The third-order valence-electron chi connectivity index (χ3n) is 5.57. The minimum Gasteiger partial charge on any atom is -0.348 e. The number of hydrogen-bond acceptors (Lipinski definition) is 4. The van der Waals surface area contributed by atoms with E-state index >= 15 is 0 Å². The fourth-order valence-electron chi connectivity index (χ4n) is 3.83. The van der Waals surface area contributed by atoms with Crippen LogP contribution in [0.2, 0.25) is 0 Å². The summed E-state index contributed by atoms with van der Waals surface area (Å²) in [6.45, 7) is 1.32. The van der Waals surface area contributed by atoms with E-state index in [1.165, 1.54) is 12.1 Å². The van der Waals surface area contributed by atoms with Crippen LogP contribution in [0.25, 0.3) is 0 Å². The molecule has 1 atom stereocenters. The molecule has 0 spiro atoms. The van der Waals surface area contributed by atoms with Crippen molar-refractivity contribution in [1.29, 1.82) is 0 Å². The van der Waals surface area contributed by atoms with Crippen LogP contribution in [0.4, 0.5) is 4.39 Å². The van der Waals surface area contributed by atoms with Crippen LogP contribution in [0.15, 0.2) is 30.5 Å². The lowest BCUT2D eigenvalue weighted by atomic mass is 9.98. The molecule has 4 rings (SSSR count). The van der Waals surface area contributed by atoms with Gasteiger partial charge in [-0.25, -0.2) is 4.39 Å². The molecule has 1 unspecified atom stereocenters. The lowest BCUT2D eigenvalue weighted by Gasteiger charge is -2.36. The Hall–Kier alpha value is -2.77. The van der Waals surface area contributed by atoms with E-state index in [1.54, 1.807) is 23.0 Å². The predicted molar refractivity (Wildman–Crippen MR) is 105 cm³/mol. The van der Waals surface area contributed by atoms with Crippen LogP contribution in [0, 0.1) is 5.82 Å². The minimum atomic E-state index is -0.321. The predicted octanol–water partition coefficient (Wildman–Crippen LogP) is 2.32. The van der Waals surface area contributed by atoms with E-state index in [2.05, 4.69) is 15.6 Å². The summed E-state index contributed by atoms with van der Waals surface area (Å²) < 4.78 is 15.1. The second-order valence-corrected chi connectivity index (χ2v) is 7.95. The quantitative estimate of drug-likeness (QED) is 0.775. The Morgan fingerprint density at radius 2 is 2.07 bits per heavy atom. The molecule has 1 aromatic carbocycles. The summed E-state index contributed by atoms with van der Waals surface area (Å²) in [5.41, 5.74) is 1.03. The Morgan fingerprint density at radius 1 is 1.21 bits per heavy atom. The molecule has 1 aromatic heterocycles. The lowest BCUT2D eigenvalue weighted by Crippen LogP contribution is -2.45. The topological polar surface area (TPSA) is 80.1 Å². The summed E-state index contributed by atoms with van der Waals surface area (Å²) in [7, 11) is 0. The number of benzene rings is 1. The molecule has 0 bridgehead atoms. The van der Waals surface area contributed by atoms with Crippen LogP contribution in [0.1, 0.15) is 54.6 Å². The zero-order valence-electron chi connectivity index (χ0n) is 16.4. The molecule has 1 aliphatic carbocycles. The number of nitrogens with zero attached hydrogens (tertiary/aromatic N) is 4. The van der Waals surface area contributed by atoms with E-state index in [1.807, 2.05) is 4.90 Å². The first-order chi connectivity index (χ1) is 14.1. The third-order valence-corrected chi connectivity index (χ3v) is 5.57. The van der Waals surface area contributed by atoms with E-state index < -0.39 is 0 Å². The molecular formula is C21H26FN5O2. The normalized spacial score (nSPS) is 19.2. The SMILES string of the molecule is O=C(NC1CC1)c1cn(CCC2CCCCN2C(=O)Cc2cccc(F)c2)nn1. The smallest absolute Gasteiger partial charge is 0.273 e. The Kier molecular flexibility index (Phi) is 5.87. The molecular weight excluding hydrogens is 373 g/mol. The average molecular weight is 399 g/mol. The second-order valence-electron chi connectivity index (χ2n) is 7.95. The van der Waals surface area contributed by atoms with Gasteiger partial charge in [-0.2, -0.15) is 0 Å². The number of hydrogen-bond donors (Lipinski definition) is 1. The Morgan fingerprint density at radius 3 is 2.86 bits per heavy atom. The summed E-state index contributed by atoms with van der Waals surface area (Å²) in [6.07, 6.45) is 7.70. The largest absolute Gasteiger partial charge is 0.348 e. The molecule has 0 radical (unpaired) electrons. The van der Waals surface area contributed by atoms with Gasteiger partial charge in [0.2, 0.25) is 5.91 Å². The Bertz CT molecular complexity index is 879. The zero-order valence-corrected chi connectivity index (χ0v) is 16.4. The van der Waals surface area contributed by atoms with Gasteiger partial charge in [0.05, 0.1) is 12.6 Å². The number of aromatic nitrogens is 3. The van der Waals surface area contributed by atoms with Crippen molar-refractivity contribution < 1.29 is 14.0 Å². The number of carbonyl (C=O) groups excluding carboxylic acids is 2. The van der Waals surface area contributed by atoms with Crippen LogP contribution in [0.3, 0.4) is 0 Å². The molecule has 1 saturated heterocycles. The second kappa shape index (κ2) is 8.71. The standard InChI is InChI=1S/C21H26FN5O2/c22-16-5-3-4-15(12-16)13-20(28)27-10-2-1-6-18(27)9-11-26-14-19(24-25-26)21(29)23-17-7-8-17/h3-5,12,14,17-18H,1-2,6-11,13H2,(H,23,29). The van der Waals surface area contributed by atoms with Gasteiger partial charge in [0.1, 0.15) is 5.82 Å².